The molecule has 0 fully saturated rings. The molecule has 0 aromatic heterocycles. The van der Waals surface area contributed by atoms with Crippen LogP contribution >= 0.6 is 0 Å². The van der Waals surface area contributed by atoms with E-state index in [1.54, 1.807) is 4.90 Å². The lowest BCUT2D eigenvalue weighted by molar-refractivity contribution is -0.136. The summed E-state index contributed by atoms with van der Waals surface area (Å²) < 4.78 is 0. The number of amides is 1. The first-order chi connectivity index (χ1) is 6.87. The molecule has 0 aliphatic heterocycles. The molecule has 1 amide bonds. The van der Waals surface area contributed by atoms with Gasteiger partial charge < -0.3 is 15.5 Å². The highest BCUT2D eigenvalue weighted by molar-refractivity contribution is 5.85. The number of hydrogen-bond donors (Lipinski definition) is 1. The summed E-state index contributed by atoms with van der Waals surface area (Å²) in [4.78, 5) is 15.8. The molecule has 0 saturated heterocycles. The average Bonchev–Trinajstić information content (AvgIpc) is 2.23. The van der Waals surface area contributed by atoms with Gasteiger partial charge in [-0.2, -0.15) is 0 Å². The van der Waals surface area contributed by atoms with Gasteiger partial charge in [-0.3, -0.25) is 4.79 Å². The second-order valence-electron chi connectivity index (χ2n) is 4.39. The number of likely N-dealkylation sites (N-methyl/N-ethyl adjacent to an activating group) is 2. The smallest absolute Gasteiger partial charge is 0.242 e. The van der Waals surface area contributed by atoms with Crippen molar-refractivity contribution < 1.29 is 4.79 Å². The minimum atomic E-state index is -0.680. The second-order valence-corrected chi connectivity index (χ2v) is 4.39. The lowest BCUT2D eigenvalue weighted by Crippen LogP contribution is -2.54. The standard InChI is InChI=1S/C11H25N3O/c1-6-11(12,7-2)10(15)14(5)9-8-13(3)4/h6-9,12H2,1-5H3. The van der Waals surface area contributed by atoms with Gasteiger partial charge in [-0.05, 0) is 26.9 Å². The Bertz CT molecular complexity index is 200. The van der Waals surface area contributed by atoms with E-state index in [9.17, 15) is 4.79 Å². The predicted molar refractivity (Wildman–Crippen MR) is 63.7 cm³/mol. The van der Waals surface area contributed by atoms with E-state index in [4.69, 9.17) is 5.73 Å². The number of carbonyl (C=O) groups is 1. The topological polar surface area (TPSA) is 49.6 Å². The maximum Gasteiger partial charge on any atom is 0.242 e. The summed E-state index contributed by atoms with van der Waals surface area (Å²) >= 11 is 0. The molecule has 0 bridgehead atoms. The van der Waals surface area contributed by atoms with E-state index in [-0.39, 0.29) is 5.91 Å². The molecule has 0 aromatic carbocycles. The van der Waals surface area contributed by atoms with Crippen molar-refractivity contribution in [3.8, 4) is 0 Å². The van der Waals surface area contributed by atoms with Crippen molar-refractivity contribution in [2.45, 2.75) is 32.2 Å². The molecule has 4 nitrogen and oxygen atoms in total. The summed E-state index contributed by atoms with van der Waals surface area (Å²) in [6, 6.07) is 0. The first kappa shape index (κ1) is 14.4. The summed E-state index contributed by atoms with van der Waals surface area (Å²) in [5, 5.41) is 0. The van der Waals surface area contributed by atoms with E-state index in [1.807, 2.05) is 35.0 Å². The van der Waals surface area contributed by atoms with Crippen LogP contribution in [0.15, 0.2) is 0 Å². The molecule has 0 aliphatic carbocycles. The third-order valence-corrected chi connectivity index (χ3v) is 2.92. The highest BCUT2D eigenvalue weighted by Crippen LogP contribution is 2.14. The van der Waals surface area contributed by atoms with Gasteiger partial charge in [0.1, 0.15) is 0 Å². The van der Waals surface area contributed by atoms with Crippen LogP contribution in [0.4, 0.5) is 0 Å². The summed E-state index contributed by atoms with van der Waals surface area (Å²) in [6.45, 7) is 5.51. The molecule has 90 valence electrons. The molecule has 2 N–H and O–H groups in total. The Hall–Kier alpha value is -0.610. The molecule has 0 spiro atoms. The van der Waals surface area contributed by atoms with Crippen molar-refractivity contribution in [1.82, 2.24) is 9.80 Å². The zero-order chi connectivity index (χ0) is 12.1. The third kappa shape index (κ3) is 4.18. The van der Waals surface area contributed by atoms with Gasteiger partial charge in [0.05, 0.1) is 5.54 Å². The van der Waals surface area contributed by atoms with Gasteiger partial charge in [0.25, 0.3) is 0 Å². The summed E-state index contributed by atoms with van der Waals surface area (Å²) in [7, 11) is 5.81. The zero-order valence-electron chi connectivity index (χ0n) is 10.7. The van der Waals surface area contributed by atoms with Crippen molar-refractivity contribution in [3.05, 3.63) is 0 Å². The number of hydrogen-bond acceptors (Lipinski definition) is 3. The highest BCUT2D eigenvalue weighted by Gasteiger charge is 2.32. The van der Waals surface area contributed by atoms with Gasteiger partial charge in [-0.1, -0.05) is 13.8 Å². The molecule has 4 heteroatoms. The minimum Gasteiger partial charge on any atom is -0.343 e. The third-order valence-electron chi connectivity index (χ3n) is 2.92. The molecule has 0 aromatic rings. The van der Waals surface area contributed by atoms with Gasteiger partial charge in [0, 0.05) is 20.1 Å². The van der Waals surface area contributed by atoms with Crippen LogP contribution in [0.3, 0.4) is 0 Å². The first-order valence-electron chi connectivity index (χ1n) is 5.56. The van der Waals surface area contributed by atoms with E-state index >= 15 is 0 Å². The summed E-state index contributed by atoms with van der Waals surface area (Å²) in [6.07, 6.45) is 1.38. The SMILES string of the molecule is CCC(N)(CC)C(=O)N(C)CCN(C)C. The van der Waals surface area contributed by atoms with Crippen LogP contribution < -0.4 is 5.73 Å². The van der Waals surface area contributed by atoms with Crippen molar-refractivity contribution in [2.24, 2.45) is 5.73 Å². The molecule has 0 radical (unpaired) electrons. The molecular weight excluding hydrogens is 190 g/mol. The molecule has 0 atom stereocenters. The maximum absolute atomic E-state index is 12.0. The van der Waals surface area contributed by atoms with Crippen LogP contribution in [0.25, 0.3) is 0 Å². The van der Waals surface area contributed by atoms with E-state index in [0.717, 1.165) is 13.1 Å². The van der Waals surface area contributed by atoms with Crippen molar-refractivity contribution in [2.75, 3.05) is 34.2 Å². The zero-order valence-corrected chi connectivity index (χ0v) is 10.7. The quantitative estimate of drug-likeness (QED) is 0.703. The fourth-order valence-electron chi connectivity index (χ4n) is 1.38. The predicted octanol–water partition coefficient (Wildman–Crippen LogP) is 0.524. The number of nitrogens with two attached hydrogens (primary N) is 1. The molecule has 0 unspecified atom stereocenters. The molecule has 0 heterocycles. The van der Waals surface area contributed by atoms with Gasteiger partial charge in [-0.15, -0.1) is 0 Å². The van der Waals surface area contributed by atoms with Crippen LogP contribution in [0.2, 0.25) is 0 Å². The van der Waals surface area contributed by atoms with E-state index in [2.05, 4.69) is 4.90 Å². The maximum atomic E-state index is 12.0. The number of nitrogens with zero attached hydrogens (tertiary/aromatic N) is 2. The van der Waals surface area contributed by atoms with Gasteiger partial charge >= 0.3 is 0 Å². The molecule has 0 rings (SSSR count). The number of rotatable bonds is 6. The number of carbonyl (C=O) groups excluding carboxylic acids is 1. The lowest BCUT2D eigenvalue weighted by atomic mass is 9.92. The van der Waals surface area contributed by atoms with Crippen molar-refractivity contribution >= 4 is 5.91 Å². The highest BCUT2D eigenvalue weighted by atomic mass is 16.2. The lowest BCUT2D eigenvalue weighted by Gasteiger charge is -2.31. The molecule has 0 aliphatic rings. The monoisotopic (exact) mass is 215 g/mol. The van der Waals surface area contributed by atoms with Crippen LogP contribution in [-0.4, -0.2) is 55.5 Å². The Morgan fingerprint density at radius 3 is 1.93 bits per heavy atom. The normalized spacial score (nSPS) is 11.9. The van der Waals surface area contributed by atoms with Crippen molar-refractivity contribution in [1.29, 1.82) is 0 Å². The van der Waals surface area contributed by atoms with Gasteiger partial charge in [0.15, 0.2) is 0 Å². The first-order valence-corrected chi connectivity index (χ1v) is 5.56. The van der Waals surface area contributed by atoms with E-state index in [1.165, 1.54) is 0 Å². The molecule has 0 saturated carbocycles. The Morgan fingerprint density at radius 1 is 1.13 bits per heavy atom. The van der Waals surface area contributed by atoms with E-state index < -0.39 is 5.54 Å². The Morgan fingerprint density at radius 2 is 1.60 bits per heavy atom. The van der Waals surface area contributed by atoms with Crippen LogP contribution in [-0.2, 0) is 4.79 Å². The molecular formula is C11H25N3O. The Labute approximate surface area is 93.4 Å². The van der Waals surface area contributed by atoms with Crippen LogP contribution in [0.5, 0.6) is 0 Å². The largest absolute Gasteiger partial charge is 0.343 e. The summed E-state index contributed by atoms with van der Waals surface area (Å²) in [5.74, 6) is 0.0503. The fraction of sp³-hybridized carbons (Fsp3) is 0.909. The van der Waals surface area contributed by atoms with Gasteiger partial charge in [-0.25, -0.2) is 0 Å². The fourth-order valence-corrected chi connectivity index (χ4v) is 1.38. The Kier molecular flexibility index (Phi) is 5.83. The average molecular weight is 215 g/mol. The van der Waals surface area contributed by atoms with Crippen LogP contribution in [0.1, 0.15) is 26.7 Å². The molecule has 15 heavy (non-hydrogen) atoms. The van der Waals surface area contributed by atoms with Crippen LogP contribution in [0, 0.1) is 0 Å². The van der Waals surface area contributed by atoms with Crippen molar-refractivity contribution in [3.63, 3.8) is 0 Å². The van der Waals surface area contributed by atoms with Gasteiger partial charge in [0.2, 0.25) is 5.91 Å². The summed E-state index contributed by atoms with van der Waals surface area (Å²) in [5.41, 5.74) is 5.36. The Balaban J connectivity index is 4.30. The minimum absolute atomic E-state index is 0.0503. The second kappa shape index (κ2) is 6.08. The van der Waals surface area contributed by atoms with E-state index in [0.29, 0.717) is 12.8 Å².